The van der Waals surface area contributed by atoms with Gasteiger partial charge < -0.3 is 45.4 Å². The van der Waals surface area contributed by atoms with Gasteiger partial charge in [-0.05, 0) is 81.5 Å². The number of halogens is 1. The molecule has 2 aliphatic heterocycles. The average molecular weight is 780 g/mol. The number of benzene rings is 2. The van der Waals surface area contributed by atoms with Gasteiger partial charge in [-0.25, -0.2) is 4.39 Å². The molecule has 5 aromatic rings. The van der Waals surface area contributed by atoms with Crippen molar-refractivity contribution in [3.05, 3.63) is 60.7 Å². The molecule has 1 aliphatic carbocycles. The van der Waals surface area contributed by atoms with E-state index < -0.39 is 12.8 Å². The second-order valence-corrected chi connectivity index (χ2v) is 18.6. The van der Waals surface area contributed by atoms with Gasteiger partial charge in [-0.3, -0.25) is 14.8 Å². The summed E-state index contributed by atoms with van der Waals surface area (Å²) in [6.07, 6.45) is 12.5. The summed E-state index contributed by atoms with van der Waals surface area (Å²) in [6.45, 7) is 6.23. The number of aromatic nitrogens is 5. The first-order valence-corrected chi connectivity index (χ1v) is 21.6. The van der Waals surface area contributed by atoms with Gasteiger partial charge in [0.25, 0.3) is 5.91 Å². The summed E-state index contributed by atoms with van der Waals surface area (Å²) in [4.78, 5) is 38.6. The number of carbonyl (C=O) groups is 1. The summed E-state index contributed by atoms with van der Waals surface area (Å²) in [7, 11) is 0.595. The molecule has 5 heterocycles. The predicted octanol–water partition coefficient (Wildman–Crippen LogP) is 6.57. The second-order valence-electron chi connectivity index (χ2n) is 15.5. The van der Waals surface area contributed by atoms with Crippen LogP contribution in [0.5, 0.6) is 5.75 Å². The number of ether oxygens (including phenoxy) is 1. The fraction of sp³-hybridized carbons (Fsp3) is 0.400. The lowest BCUT2D eigenvalue weighted by Crippen LogP contribution is -2.50. The number of piperidine rings is 2. The molecule has 292 valence electrons. The number of hydrogen-bond acceptors (Lipinski definition) is 12. The smallest absolute Gasteiger partial charge is 0.260 e. The van der Waals surface area contributed by atoms with Crippen LogP contribution in [0, 0.1) is 10.8 Å². The number of fused-ring (bicyclic) bond motifs is 2. The van der Waals surface area contributed by atoms with Crippen molar-refractivity contribution in [2.24, 2.45) is 5.41 Å². The fourth-order valence-corrected chi connectivity index (χ4v) is 9.60. The number of anilines is 5. The largest absolute Gasteiger partial charge is 0.494 e. The van der Waals surface area contributed by atoms with Gasteiger partial charge in [-0.15, -0.1) is 0 Å². The zero-order valence-corrected chi connectivity index (χ0v) is 33.0. The summed E-state index contributed by atoms with van der Waals surface area (Å²) < 4.78 is 34.2. The number of alkyl halides is 1. The molecule has 56 heavy (non-hydrogen) atoms. The molecule has 3 aromatic heterocycles. The molecule has 1 amide bonds. The number of nitrogens with one attached hydrogen (secondary N) is 5. The van der Waals surface area contributed by atoms with Crippen LogP contribution >= 0.6 is 7.14 Å². The minimum Gasteiger partial charge on any atom is -0.494 e. The lowest BCUT2D eigenvalue weighted by molar-refractivity contribution is -0.140. The van der Waals surface area contributed by atoms with E-state index in [9.17, 15) is 13.8 Å². The highest BCUT2D eigenvalue weighted by Crippen LogP contribution is 2.47. The van der Waals surface area contributed by atoms with Gasteiger partial charge in [0, 0.05) is 87.1 Å². The Morgan fingerprint density at radius 2 is 1.71 bits per heavy atom. The van der Waals surface area contributed by atoms with E-state index in [0.717, 1.165) is 55.4 Å². The number of H-pyrrole nitrogens is 1. The summed E-state index contributed by atoms with van der Waals surface area (Å²) in [5.74, 6) is 1.03. The van der Waals surface area contributed by atoms with Crippen LogP contribution in [0.2, 0.25) is 0 Å². The zero-order valence-electron chi connectivity index (χ0n) is 32.1. The van der Waals surface area contributed by atoms with Crippen molar-refractivity contribution in [1.29, 1.82) is 5.41 Å². The van der Waals surface area contributed by atoms with Crippen LogP contribution in [0.3, 0.4) is 0 Å². The third-order valence-electron chi connectivity index (χ3n) is 11.5. The van der Waals surface area contributed by atoms with Gasteiger partial charge in [0.1, 0.15) is 29.9 Å². The van der Waals surface area contributed by atoms with Gasteiger partial charge in [0.15, 0.2) is 5.67 Å². The topological polar surface area (TPSA) is 177 Å². The summed E-state index contributed by atoms with van der Waals surface area (Å²) >= 11 is 0. The number of hydrogen-bond donors (Lipinski definition) is 5. The predicted molar refractivity (Wildman–Crippen MR) is 221 cm³/mol. The molecule has 1 saturated carbocycles. The highest BCUT2D eigenvalue weighted by Gasteiger charge is 2.53. The molecule has 2 aromatic carbocycles. The Morgan fingerprint density at radius 1 is 0.982 bits per heavy atom. The molecule has 0 bridgehead atoms. The number of allylic oxidation sites excluding steroid dienone is 1. The quantitative estimate of drug-likeness (QED) is 0.0725. The van der Waals surface area contributed by atoms with Crippen LogP contribution < -0.4 is 30.9 Å². The SMILES string of the molecule is CN/C=C(\C=N)c1cc(Nc2nc(Nc3ccc4nccnc4c3P(C)(C)=O)c3cc[nH]c3n2)c(OC)cc1N1CCC2(CCN(C(=O)C3(F)CC3)CC2)CC1. The van der Waals surface area contributed by atoms with Gasteiger partial charge in [-0.1, -0.05) is 0 Å². The van der Waals surface area contributed by atoms with Gasteiger partial charge >= 0.3 is 0 Å². The normalized spacial score (nSPS) is 17.9. The highest BCUT2D eigenvalue weighted by atomic mass is 31.2. The van der Waals surface area contributed by atoms with E-state index in [-0.39, 0.29) is 17.3 Å². The van der Waals surface area contributed by atoms with Crippen LogP contribution in [0.15, 0.2) is 55.1 Å². The molecule has 5 N–H and O–H groups in total. The Kier molecular flexibility index (Phi) is 9.68. The standard InChI is InChI=1S/C40H47FN11O3P/c1-43-24-25(23-42)27-21-30(32(55-2)22-31(27)51-17-10-39(11-18-51)12-19-52(20-13-39)37(53)40(41)8-9-40)48-38-49-35-26(7-14-46-35)36(50-38)47-29-6-5-28-33(45-16-15-44-28)34(29)56(3,4)54/h5-7,14-16,21-24,42-43H,8-13,17-20H2,1-4H3,(H3,46,47,48,49,50)/b25-24+,42-23?. The zero-order chi connectivity index (χ0) is 39.2. The molecular formula is C40H47FN11O3P. The molecule has 14 nitrogen and oxygen atoms in total. The lowest BCUT2D eigenvalue weighted by Gasteiger charge is -2.48. The van der Waals surface area contributed by atoms with Crippen molar-refractivity contribution in [1.82, 2.24) is 35.1 Å². The fourth-order valence-electron chi connectivity index (χ4n) is 8.20. The first-order chi connectivity index (χ1) is 26.9. The van der Waals surface area contributed by atoms with Gasteiger partial charge in [-0.2, -0.15) is 9.97 Å². The summed E-state index contributed by atoms with van der Waals surface area (Å²) in [5, 5.41) is 19.6. The van der Waals surface area contributed by atoms with Crippen molar-refractivity contribution < 1.29 is 18.5 Å². The lowest BCUT2D eigenvalue weighted by atomic mass is 9.71. The monoisotopic (exact) mass is 779 g/mol. The number of nitrogens with zero attached hydrogens (tertiary/aromatic N) is 6. The molecule has 0 atom stereocenters. The van der Waals surface area contributed by atoms with Crippen LogP contribution in [0.25, 0.3) is 27.6 Å². The van der Waals surface area contributed by atoms with E-state index in [1.807, 2.05) is 30.3 Å². The Bertz CT molecular complexity index is 2410. The van der Waals surface area contributed by atoms with Crippen LogP contribution in [-0.2, 0) is 9.36 Å². The molecule has 0 unspecified atom stereocenters. The van der Waals surface area contributed by atoms with E-state index in [4.69, 9.17) is 20.1 Å². The Balaban J connectivity index is 1.09. The average Bonchev–Trinajstić information content (AvgIpc) is 3.77. The maximum Gasteiger partial charge on any atom is 0.260 e. The third kappa shape index (κ3) is 7.04. The Labute approximate surface area is 324 Å². The molecule has 16 heteroatoms. The third-order valence-corrected chi connectivity index (χ3v) is 13.0. The van der Waals surface area contributed by atoms with Crippen molar-refractivity contribution in [3.63, 3.8) is 0 Å². The first kappa shape index (κ1) is 37.4. The van der Waals surface area contributed by atoms with Crippen molar-refractivity contribution in [2.45, 2.75) is 44.2 Å². The van der Waals surface area contributed by atoms with E-state index in [2.05, 4.69) is 35.8 Å². The molecular weight excluding hydrogens is 732 g/mol. The molecule has 3 fully saturated rings. The number of rotatable bonds is 11. The van der Waals surface area contributed by atoms with Crippen molar-refractivity contribution in [2.75, 3.05) is 69.2 Å². The maximum absolute atomic E-state index is 14.5. The van der Waals surface area contributed by atoms with E-state index in [1.165, 1.54) is 6.21 Å². The molecule has 2 saturated heterocycles. The molecule has 8 rings (SSSR count). The van der Waals surface area contributed by atoms with Crippen molar-refractivity contribution in [3.8, 4) is 5.75 Å². The molecule has 3 aliphatic rings. The number of carbonyl (C=O) groups excluding carboxylic acids is 1. The minimum absolute atomic E-state index is 0.114. The van der Waals surface area contributed by atoms with Gasteiger partial charge in [0.05, 0.1) is 34.7 Å². The van der Waals surface area contributed by atoms with E-state index in [0.29, 0.717) is 76.4 Å². The van der Waals surface area contributed by atoms with E-state index >= 15 is 0 Å². The minimum atomic E-state index is -2.83. The number of likely N-dealkylation sites (tertiary alicyclic amines) is 1. The Hall–Kier alpha value is -5.56. The Morgan fingerprint density at radius 3 is 2.39 bits per heavy atom. The van der Waals surface area contributed by atoms with Crippen LogP contribution in [-0.4, -0.2) is 101 Å². The van der Waals surface area contributed by atoms with Crippen LogP contribution in [0.4, 0.5) is 33.2 Å². The molecule has 1 spiro atoms. The highest BCUT2D eigenvalue weighted by molar-refractivity contribution is 7.71. The van der Waals surface area contributed by atoms with Gasteiger partial charge in [0.2, 0.25) is 5.95 Å². The van der Waals surface area contributed by atoms with Crippen molar-refractivity contribution >= 4 is 81.0 Å². The maximum atomic E-state index is 14.5. The number of amides is 1. The number of aromatic amines is 1. The number of methoxy groups -OCH3 is 1. The first-order valence-electron chi connectivity index (χ1n) is 19.0. The summed E-state index contributed by atoms with van der Waals surface area (Å²) in [5.41, 5.74) is 3.97. The summed E-state index contributed by atoms with van der Waals surface area (Å²) in [6, 6.07) is 9.53. The second kappa shape index (κ2) is 14.5. The van der Waals surface area contributed by atoms with E-state index in [1.54, 1.807) is 57.2 Å². The molecule has 0 radical (unpaired) electrons. The van der Waals surface area contributed by atoms with Crippen LogP contribution in [0.1, 0.15) is 44.1 Å².